The van der Waals surface area contributed by atoms with Crippen molar-refractivity contribution >= 4 is 16.5 Å². The third-order valence-corrected chi connectivity index (χ3v) is 8.19. The van der Waals surface area contributed by atoms with Gasteiger partial charge in [-0.2, -0.15) is 0 Å². The molecule has 5 heterocycles. The number of ether oxygens (including phenoxy) is 3. The first-order chi connectivity index (χ1) is 15.7. The second kappa shape index (κ2) is 8.52. The monoisotopic (exact) mass is 460 g/mol. The average molecular weight is 461 g/mol. The summed E-state index contributed by atoms with van der Waals surface area (Å²) in [6, 6.07) is 5.41. The number of hydrogen-bond donors (Lipinski definition) is 0. The van der Waals surface area contributed by atoms with Gasteiger partial charge in [-0.15, -0.1) is 10.2 Å². The van der Waals surface area contributed by atoms with Gasteiger partial charge in [-0.25, -0.2) is 4.39 Å². The topological polar surface area (TPSA) is 60.0 Å². The van der Waals surface area contributed by atoms with E-state index in [9.17, 15) is 4.39 Å². The molecule has 7 nitrogen and oxygen atoms in total. The van der Waals surface area contributed by atoms with Crippen molar-refractivity contribution in [3.8, 4) is 5.75 Å². The van der Waals surface area contributed by atoms with Gasteiger partial charge in [0.15, 0.2) is 0 Å². The maximum atomic E-state index is 14.0. The van der Waals surface area contributed by atoms with Crippen LogP contribution in [0.5, 0.6) is 5.75 Å². The molecule has 2 atom stereocenters. The van der Waals surface area contributed by atoms with Gasteiger partial charge in [0.1, 0.15) is 29.3 Å². The van der Waals surface area contributed by atoms with Crippen LogP contribution >= 0.6 is 11.3 Å². The molecule has 0 aliphatic carbocycles. The quantitative estimate of drug-likeness (QED) is 0.657. The van der Waals surface area contributed by atoms with E-state index in [0.29, 0.717) is 18.6 Å². The van der Waals surface area contributed by atoms with Crippen LogP contribution in [0.2, 0.25) is 0 Å². The summed E-state index contributed by atoms with van der Waals surface area (Å²) in [7, 11) is 0. The summed E-state index contributed by atoms with van der Waals surface area (Å²) < 4.78 is 31.8. The molecule has 32 heavy (non-hydrogen) atoms. The van der Waals surface area contributed by atoms with Gasteiger partial charge in [-0.3, -0.25) is 4.90 Å². The van der Waals surface area contributed by atoms with E-state index in [1.807, 2.05) is 0 Å². The summed E-state index contributed by atoms with van der Waals surface area (Å²) >= 11 is 1.58. The number of likely N-dealkylation sites (tertiary alicyclic amines) is 1. The normalized spacial score (nSPS) is 28.0. The zero-order valence-corrected chi connectivity index (χ0v) is 18.9. The largest absolute Gasteiger partial charge is 0.491 e. The van der Waals surface area contributed by atoms with Crippen molar-refractivity contribution in [2.24, 2.45) is 0 Å². The van der Waals surface area contributed by atoms with Crippen LogP contribution in [0, 0.1) is 5.82 Å². The van der Waals surface area contributed by atoms with Crippen LogP contribution in [0.4, 0.5) is 9.52 Å². The first-order valence-corrected chi connectivity index (χ1v) is 12.5. The molecular formula is C23H29FN4O3S. The molecule has 4 fully saturated rings. The number of benzene rings is 1. The predicted octanol–water partition coefficient (Wildman–Crippen LogP) is 3.07. The SMILES string of the molecule is Fc1ccc(OC[C@@H]2CCO2)c(C2CCN([C@@H]3COC4(C3)CN(c3nncs3)C4)CC2)c1. The Morgan fingerprint density at radius 2 is 2.06 bits per heavy atom. The summed E-state index contributed by atoms with van der Waals surface area (Å²) in [5.74, 6) is 0.952. The zero-order valence-electron chi connectivity index (χ0n) is 18.1. The molecule has 4 aliphatic rings. The number of hydrogen-bond acceptors (Lipinski definition) is 8. The van der Waals surface area contributed by atoms with Crippen molar-refractivity contribution in [1.82, 2.24) is 15.1 Å². The molecular weight excluding hydrogens is 431 g/mol. The van der Waals surface area contributed by atoms with Crippen LogP contribution in [0.1, 0.15) is 37.2 Å². The van der Waals surface area contributed by atoms with Crippen molar-refractivity contribution in [2.75, 3.05) is 50.9 Å². The molecule has 1 aromatic heterocycles. The molecule has 0 radical (unpaired) electrons. The number of nitrogens with zero attached hydrogens (tertiary/aromatic N) is 4. The van der Waals surface area contributed by atoms with Crippen LogP contribution < -0.4 is 9.64 Å². The molecule has 4 aliphatic heterocycles. The number of aromatic nitrogens is 2. The Morgan fingerprint density at radius 1 is 1.22 bits per heavy atom. The van der Waals surface area contributed by atoms with Crippen LogP contribution in [-0.4, -0.2) is 78.8 Å². The highest BCUT2D eigenvalue weighted by Crippen LogP contribution is 2.41. The maximum Gasteiger partial charge on any atom is 0.208 e. The highest BCUT2D eigenvalue weighted by atomic mass is 32.1. The zero-order chi connectivity index (χ0) is 21.5. The van der Waals surface area contributed by atoms with Gasteiger partial charge >= 0.3 is 0 Å². The van der Waals surface area contributed by atoms with Crippen molar-refractivity contribution < 1.29 is 18.6 Å². The smallest absolute Gasteiger partial charge is 0.208 e. The highest BCUT2D eigenvalue weighted by molar-refractivity contribution is 7.13. The molecule has 9 heteroatoms. The molecule has 172 valence electrons. The molecule has 0 saturated carbocycles. The Balaban J connectivity index is 1.04. The van der Waals surface area contributed by atoms with Crippen LogP contribution in [0.25, 0.3) is 0 Å². The second-order valence-electron chi connectivity index (χ2n) is 9.51. The first kappa shape index (κ1) is 20.8. The molecule has 0 bridgehead atoms. The number of piperidine rings is 1. The minimum absolute atomic E-state index is 0.0274. The summed E-state index contributed by atoms with van der Waals surface area (Å²) in [5.41, 5.74) is 2.76. The minimum Gasteiger partial charge on any atom is -0.491 e. The van der Waals surface area contributed by atoms with E-state index in [1.54, 1.807) is 29.0 Å². The fourth-order valence-corrected chi connectivity index (χ4v) is 6.07. The molecule has 6 rings (SSSR count). The van der Waals surface area contributed by atoms with E-state index in [2.05, 4.69) is 20.0 Å². The number of rotatable bonds is 6. The van der Waals surface area contributed by atoms with Crippen molar-refractivity contribution in [3.05, 3.63) is 35.1 Å². The van der Waals surface area contributed by atoms with E-state index in [4.69, 9.17) is 14.2 Å². The van der Waals surface area contributed by atoms with Gasteiger partial charge in [-0.1, -0.05) is 11.3 Å². The van der Waals surface area contributed by atoms with E-state index in [-0.39, 0.29) is 17.5 Å². The predicted molar refractivity (Wildman–Crippen MR) is 119 cm³/mol. The lowest BCUT2D eigenvalue weighted by Gasteiger charge is -2.47. The Kier molecular flexibility index (Phi) is 5.53. The van der Waals surface area contributed by atoms with Crippen molar-refractivity contribution in [1.29, 1.82) is 0 Å². The molecule has 1 aromatic carbocycles. The van der Waals surface area contributed by atoms with Crippen molar-refractivity contribution in [2.45, 2.75) is 49.3 Å². The minimum atomic E-state index is -0.189. The molecule has 0 N–H and O–H groups in total. The standard InChI is InChI=1S/C23H29FN4O3S/c24-17-1-2-21(30-12-19-5-8-29-19)20(9-17)16-3-6-27(7-4-16)18-10-23(31-11-18)13-28(14-23)22-26-25-15-32-22/h1-2,9,15-16,18-19H,3-8,10-14H2/t18-,19-/m0/s1. The second-order valence-corrected chi connectivity index (χ2v) is 10.3. The summed E-state index contributed by atoms with van der Waals surface area (Å²) in [6.45, 7) is 5.99. The Labute approximate surface area is 191 Å². The van der Waals surface area contributed by atoms with Crippen LogP contribution in [0.3, 0.4) is 0 Å². The van der Waals surface area contributed by atoms with Gasteiger partial charge in [-0.05, 0) is 56.5 Å². The maximum absolute atomic E-state index is 14.0. The summed E-state index contributed by atoms with van der Waals surface area (Å²) in [6.07, 6.45) is 4.32. The Bertz CT molecular complexity index is 927. The van der Waals surface area contributed by atoms with Crippen molar-refractivity contribution in [3.63, 3.8) is 0 Å². The van der Waals surface area contributed by atoms with Gasteiger partial charge in [0.25, 0.3) is 0 Å². The molecule has 0 unspecified atom stereocenters. The highest BCUT2D eigenvalue weighted by Gasteiger charge is 2.51. The molecule has 2 aromatic rings. The van der Waals surface area contributed by atoms with Gasteiger partial charge < -0.3 is 19.1 Å². The van der Waals surface area contributed by atoms with Gasteiger partial charge in [0.05, 0.1) is 25.8 Å². The third-order valence-electron chi connectivity index (χ3n) is 7.44. The average Bonchev–Trinajstić information content (AvgIpc) is 3.43. The lowest BCUT2D eigenvalue weighted by Crippen LogP contribution is -2.62. The van der Waals surface area contributed by atoms with Gasteiger partial charge in [0, 0.05) is 24.6 Å². The first-order valence-electron chi connectivity index (χ1n) is 11.6. The Morgan fingerprint density at radius 3 is 2.78 bits per heavy atom. The lowest BCUT2D eigenvalue weighted by molar-refractivity contribution is -0.0722. The van der Waals surface area contributed by atoms with Gasteiger partial charge in [0.2, 0.25) is 5.13 Å². The number of anilines is 1. The lowest BCUT2D eigenvalue weighted by atomic mass is 9.86. The summed E-state index contributed by atoms with van der Waals surface area (Å²) in [5, 5.41) is 9.09. The summed E-state index contributed by atoms with van der Waals surface area (Å²) in [4.78, 5) is 4.83. The molecule has 0 amide bonds. The van der Waals surface area contributed by atoms with E-state index in [1.165, 1.54) is 6.07 Å². The Hall–Kier alpha value is -1.81. The molecule has 4 saturated heterocycles. The van der Waals surface area contributed by atoms with E-state index >= 15 is 0 Å². The van der Waals surface area contributed by atoms with E-state index < -0.39 is 0 Å². The molecule has 1 spiro atoms. The van der Waals surface area contributed by atoms with E-state index in [0.717, 1.165) is 81.5 Å². The fourth-order valence-electron chi connectivity index (χ4n) is 5.51. The van der Waals surface area contributed by atoms with Crippen LogP contribution in [-0.2, 0) is 9.47 Å². The third kappa shape index (κ3) is 4.00. The fraction of sp³-hybridized carbons (Fsp3) is 0.652. The van der Waals surface area contributed by atoms with Crippen LogP contribution in [0.15, 0.2) is 23.7 Å². The number of halogens is 1.